The fourth-order valence-electron chi connectivity index (χ4n) is 1.46. The fourth-order valence-corrected chi connectivity index (χ4v) is 1.83. The second-order valence-corrected chi connectivity index (χ2v) is 5.43. The van der Waals surface area contributed by atoms with Gasteiger partial charge in [-0.1, -0.05) is 36.7 Å². The molecular weight excluding hydrogens is 280 g/mol. The lowest BCUT2D eigenvalue weighted by atomic mass is 10.1. The number of ether oxygens (including phenoxy) is 1. The maximum Gasteiger partial charge on any atom is 0.166 e. The van der Waals surface area contributed by atoms with Gasteiger partial charge in [0.2, 0.25) is 0 Å². The van der Waals surface area contributed by atoms with E-state index in [1.807, 2.05) is 25.1 Å². The second kappa shape index (κ2) is 6.80. The van der Waals surface area contributed by atoms with Crippen molar-refractivity contribution in [1.29, 1.82) is 0 Å². The first-order chi connectivity index (χ1) is 8.04. The summed E-state index contributed by atoms with van der Waals surface area (Å²) in [5, 5.41) is 0. The average Bonchev–Trinajstić information content (AvgIpc) is 2.27. The molecule has 0 saturated heterocycles. The Balaban J connectivity index is 2.91. The molecule has 0 spiro atoms. The highest BCUT2D eigenvalue weighted by atomic mass is 79.9. The summed E-state index contributed by atoms with van der Waals surface area (Å²) in [5.41, 5.74) is 0.682. The van der Waals surface area contributed by atoms with E-state index in [2.05, 4.69) is 29.8 Å². The minimum atomic E-state index is 0.146. The van der Waals surface area contributed by atoms with Crippen LogP contribution in [0.25, 0.3) is 0 Å². The Morgan fingerprint density at radius 1 is 1.41 bits per heavy atom. The summed E-state index contributed by atoms with van der Waals surface area (Å²) >= 11 is 3.39. The fraction of sp³-hybridized carbons (Fsp3) is 0.500. The van der Waals surface area contributed by atoms with Crippen LogP contribution in [0, 0.1) is 5.92 Å². The van der Waals surface area contributed by atoms with Crippen molar-refractivity contribution in [3.05, 3.63) is 28.2 Å². The Morgan fingerprint density at radius 3 is 2.71 bits per heavy atom. The maximum atomic E-state index is 12.0. The van der Waals surface area contributed by atoms with E-state index in [0.717, 1.165) is 10.9 Å². The second-order valence-electron chi connectivity index (χ2n) is 4.52. The van der Waals surface area contributed by atoms with Crippen LogP contribution in [0.5, 0.6) is 5.75 Å². The first-order valence-corrected chi connectivity index (χ1v) is 6.79. The molecule has 0 fully saturated rings. The molecule has 0 radical (unpaired) electrons. The quantitative estimate of drug-likeness (QED) is 0.725. The minimum Gasteiger partial charge on any atom is -0.493 e. The maximum absolute atomic E-state index is 12.0. The van der Waals surface area contributed by atoms with Crippen LogP contribution in [0.3, 0.4) is 0 Å². The number of halogens is 1. The molecular formula is C14H19BrO2. The standard InChI is InChI=1S/C14H19BrO2/c1-4-5-13(16)12-8-11(15)6-7-14(12)17-9-10(2)3/h6-8,10H,4-5,9H2,1-3H3. The Kier molecular flexibility index (Phi) is 5.69. The molecule has 0 N–H and O–H groups in total. The van der Waals surface area contributed by atoms with Crippen molar-refractivity contribution in [2.24, 2.45) is 5.92 Å². The van der Waals surface area contributed by atoms with Crippen LogP contribution in [-0.4, -0.2) is 12.4 Å². The van der Waals surface area contributed by atoms with E-state index in [1.165, 1.54) is 0 Å². The van der Waals surface area contributed by atoms with Gasteiger partial charge in [-0.15, -0.1) is 0 Å². The summed E-state index contributed by atoms with van der Waals surface area (Å²) in [4.78, 5) is 12.0. The topological polar surface area (TPSA) is 26.3 Å². The molecule has 0 heterocycles. The first-order valence-electron chi connectivity index (χ1n) is 6.00. The zero-order valence-corrected chi connectivity index (χ0v) is 12.2. The summed E-state index contributed by atoms with van der Waals surface area (Å²) in [6, 6.07) is 5.60. The van der Waals surface area contributed by atoms with Gasteiger partial charge in [0.1, 0.15) is 5.75 Å². The van der Waals surface area contributed by atoms with Gasteiger partial charge >= 0.3 is 0 Å². The van der Waals surface area contributed by atoms with Crippen LogP contribution < -0.4 is 4.74 Å². The number of rotatable bonds is 6. The molecule has 1 aromatic carbocycles. The predicted molar refractivity (Wildman–Crippen MR) is 73.7 cm³/mol. The third-order valence-electron chi connectivity index (χ3n) is 2.29. The third kappa shape index (κ3) is 4.50. The van der Waals surface area contributed by atoms with Crippen molar-refractivity contribution in [1.82, 2.24) is 0 Å². The smallest absolute Gasteiger partial charge is 0.166 e. The highest BCUT2D eigenvalue weighted by Gasteiger charge is 2.12. The van der Waals surface area contributed by atoms with Crippen LogP contribution in [-0.2, 0) is 0 Å². The molecule has 2 nitrogen and oxygen atoms in total. The average molecular weight is 299 g/mol. The largest absolute Gasteiger partial charge is 0.493 e. The van der Waals surface area contributed by atoms with Crippen LogP contribution in [0.15, 0.2) is 22.7 Å². The van der Waals surface area contributed by atoms with Gasteiger partial charge in [-0.05, 0) is 30.5 Å². The van der Waals surface area contributed by atoms with Crippen molar-refractivity contribution in [3.8, 4) is 5.75 Å². The number of carbonyl (C=O) groups excluding carboxylic acids is 1. The van der Waals surface area contributed by atoms with Crippen LogP contribution >= 0.6 is 15.9 Å². The minimum absolute atomic E-state index is 0.146. The number of hydrogen-bond donors (Lipinski definition) is 0. The van der Waals surface area contributed by atoms with E-state index in [9.17, 15) is 4.79 Å². The molecule has 0 unspecified atom stereocenters. The normalized spacial score (nSPS) is 10.6. The number of benzene rings is 1. The molecule has 0 saturated carbocycles. The van der Waals surface area contributed by atoms with Crippen LogP contribution in [0.4, 0.5) is 0 Å². The highest BCUT2D eigenvalue weighted by molar-refractivity contribution is 9.10. The Labute approximate surface area is 111 Å². The van der Waals surface area contributed by atoms with Crippen molar-refractivity contribution in [2.75, 3.05) is 6.61 Å². The third-order valence-corrected chi connectivity index (χ3v) is 2.78. The number of ketones is 1. The van der Waals surface area contributed by atoms with Crippen molar-refractivity contribution < 1.29 is 9.53 Å². The van der Waals surface area contributed by atoms with Crippen molar-refractivity contribution >= 4 is 21.7 Å². The van der Waals surface area contributed by atoms with Crippen LogP contribution in [0.2, 0.25) is 0 Å². The summed E-state index contributed by atoms with van der Waals surface area (Å²) in [6.45, 7) is 6.82. The van der Waals surface area contributed by atoms with Gasteiger partial charge in [0.15, 0.2) is 5.78 Å². The molecule has 0 amide bonds. The summed E-state index contributed by atoms with van der Waals surface area (Å²) < 4.78 is 6.59. The van der Waals surface area contributed by atoms with Gasteiger partial charge in [0.05, 0.1) is 12.2 Å². The molecule has 0 aliphatic rings. The Hall–Kier alpha value is -0.830. The van der Waals surface area contributed by atoms with E-state index in [-0.39, 0.29) is 5.78 Å². The Bertz CT molecular complexity index is 386. The molecule has 0 aliphatic carbocycles. The van der Waals surface area contributed by atoms with E-state index < -0.39 is 0 Å². The van der Waals surface area contributed by atoms with Gasteiger partial charge in [0.25, 0.3) is 0 Å². The lowest BCUT2D eigenvalue weighted by molar-refractivity contribution is 0.0977. The van der Waals surface area contributed by atoms with E-state index in [0.29, 0.717) is 30.3 Å². The Morgan fingerprint density at radius 2 is 2.12 bits per heavy atom. The van der Waals surface area contributed by atoms with Gasteiger partial charge in [-0.3, -0.25) is 4.79 Å². The lowest BCUT2D eigenvalue weighted by Gasteiger charge is -2.12. The number of carbonyl (C=O) groups is 1. The van der Waals surface area contributed by atoms with Crippen molar-refractivity contribution in [2.45, 2.75) is 33.6 Å². The van der Waals surface area contributed by atoms with E-state index >= 15 is 0 Å². The molecule has 0 aliphatic heterocycles. The predicted octanol–water partition coefficient (Wildman–Crippen LogP) is 4.47. The molecule has 0 bridgehead atoms. The zero-order chi connectivity index (χ0) is 12.8. The molecule has 1 aromatic rings. The first kappa shape index (κ1) is 14.2. The molecule has 1 rings (SSSR count). The highest BCUT2D eigenvalue weighted by Crippen LogP contribution is 2.25. The van der Waals surface area contributed by atoms with Gasteiger partial charge in [0, 0.05) is 10.9 Å². The summed E-state index contributed by atoms with van der Waals surface area (Å²) in [7, 11) is 0. The number of Topliss-reactive ketones (excluding diaryl/α,β-unsaturated/α-hetero) is 1. The summed E-state index contributed by atoms with van der Waals surface area (Å²) in [5.74, 6) is 1.29. The van der Waals surface area contributed by atoms with Crippen molar-refractivity contribution in [3.63, 3.8) is 0 Å². The van der Waals surface area contributed by atoms with Gasteiger partial charge in [-0.25, -0.2) is 0 Å². The lowest BCUT2D eigenvalue weighted by Crippen LogP contribution is -2.08. The summed E-state index contributed by atoms with van der Waals surface area (Å²) in [6.07, 6.45) is 1.42. The van der Waals surface area contributed by atoms with Gasteiger partial charge in [-0.2, -0.15) is 0 Å². The van der Waals surface area contributed by atoms with E-state index in [1.54, 1.807) is 0 Å². The molecule has 0 atom stereocenters. The molecule has 3 heteroatoms. The monoisotopic (exact) mass is 298 g/mol. The SMILES string of the molecule is CCCC(=O)c1cc(Br)ccc1OCC(C)C. The number of hydrogen-bond acceptors (Lipinski definition) is 2. The molecule has 0 aromatic heterocycles. The van der Waals surface area contributed by atoms with Crippen LogP contribution in [0.1, 0.15) is 44.0 Å². The zero-order valence-electron chi connectivity index (χ0n) is 10.6. The van der Waals surface area contributed by atoms with Gasteiger partial charge < -0.3 is 4.74 Å². The molecule has 17 heavy (non-hydrogen) atoms. The van der Waals surface area contributed by atoms with E-state index in [4.69, 9.17) is 4.74 Å². The molecule has 94 valence electrons.